The number of halogens is 1. The highest BCUT2D eigenvalue weighted by Gasteiger charge is 2.25. The molecule has 0 aromatic carbocycles. The summed E-state index contributed by atoms with van der Waals surface area (Å²) in [4.78, 5) is 20.7. The summed E-state index contributed by atoms with van der Waals surface area (Å²) in [5.41, 5.74) is 1.32. The average molecular weight is 282 g/mol. The molecule has 0 bridgehead atoms. The maximum Gasteiger partial charge on any atom is 0.256 e. The Morgan fingerprint density at radius 2 is 2.11 bits per heavy atom. The summed E-state index contributed by atoms with van der Waals surface area (Å²) in [7, 11) is 3.97. The molecule has 19 heavy (non-hydrogen) atoms. The Morgan fingerprint density at radius 3 is 2.68 bits per heavy atom. The number of nitrogens with zero attached hydrogens (tertiary/aromatic N) is 3. The van der Waals surface area contributed by atoms with Gasteiger partial charge in [-0.2, -0.15) is 0 Å². The molecule has 2 rings (SSSR count). The van der Waals surface area contributed by atoms with Gasteiger partial charge in [-0.1, -0.05) is 11.6 Å². The van der Waals surface area contributed by atoms with Crippen LogP contribution in [0.25, 0.3) is 0 Å². The molecule has 5 heteroatoms. The minimum absolute atomic E-state index is 0.0351. The van der Waals surface area contributed by atoms with E-state index in [1.54, 1.807) is 12.3 Å². The van der Waals surface area contributed by atoms with E-state index in [0.29, 0.717) is 16.6 Å². The second-order valence-corrected chi connectivity index (χ2v) is 5.66. The van der Waals surface area contributed by atoms with Crippen LogP contribution in [0.15, 0.2) is 12.3 Å². The van der Waals surface area contributed by atoms with Gasteiger partial charge < -0.3 is 9.80 Å². The van der Waals surface area contributed by atoms with Crippen LogP contribution in [0.2, 0.25) is 5.02 Å². The van der Waals surface area contributed by atoms with Crippen molar-refractivity contribution in [1.82, 2.24) is 14.8 Å². The van der Waals surface area contributed by atoms with Gasteiger partial charge in [0.05, 0.1) is 10.6 Å². The number of piperidine rings is 1. The largest absolute Gasteiger partial charge is 0.339 e. The van der Waals surface area contributed by atoms with Crippen molar-refractivity contribution in [3.63, 3.8) is 0 Å². The lowest BCUT2D eigenvalue weighted by Crippen LogP contribution is -2.44. The van der Waals surface area contributed by atoms with Crippen LogP contribution in [0.5, 0.6) is 0 Å². The van der Waals surface area contributed by atoms with Gasteiger partial charge in [0.15, 0.2) is 0 Å². The minimum Gasteiger partial charge on any atom is -0.339 e. The van der Waals surface area contributed by atoms with Crippen LogP contribution in [0.3, 0.4) is 0 Å². The Hall–Kier alpha value is -1.13. The fraction of sp³-hybridized carbons (Fsp3) is 0.571. The van der Waals surface area contributed by atoms with Gasteiger partial charge in [0.1, 0.15) is 0 Å². The van der Waals surface area contributed by atoms with E-state index in [0.717, 1.165) is 31.6 Å². The van der Waals surface area contributed by atoms with Gasteiger partial charge in [0, 0.05) is 25.0 Å². The highest BCUT2D eigenvalue weighted by atomic mass is 35.5. The van der Waals surface area contributed by atoms with Crippen molar-refractivity contribution in [3.05, 3.63) is 28.5 Å². The van der Waals surface area contributed by atoms with Gasteiger partial charge in [0.25, 0.3) is 5.91 Å². The first-order chi connectivity index (χ1) is 8.99. The van der Waals surface area contributed by atoms with Crippen molar-refractivity contribution < 1.29 is 4.79 Å². The van der Waals surface area contributed by atoms with Crippen LogP contribution in [-0.4, -0.2) is 53.9 Å². The van der Waals surface area contributed by atoms with E-state index in [1.165, 1.54) is 0 Å². The molecule has 0 saturated carbocycles. The van der Waals surface area contributed by atoms with Crippen molar-refractivity contribution in [2.45, 2.75) is 25.8 Å². The number of aryl methyl sites for hydroxylation is 1. The summed E-state index contributed by atoms with van der Waals surface area (Å²) in [5.74, 6) is -0.0351. The first-order valence-electron chi connectivity index (χ1n) is 6.57. The molecule has 104 valence electrons. The fourth-order valence-corrected chi connectivity index (χ4v) is 2.71. The molecule has 0 atom stereocenters. The highest BCUT2D eigenvalue weighted by Crippen LogP contribution is 2.21. The topological polar surface area (TPSA) is 36.4 Å². The highest BCUT2D eigenvalue weighted by molar-refractivity contribution is 6.33. The zero-order valence-electron chi connectivity index (χ0n) is 11.7. The summed E-state index contributed by atoms with van der Waals surface area (Å²) in [5, 5.41) is 0.484. The Labute approximate surface area is 119 Å². The molecule has 4 nitrogen and oxygen atoms in total. The molecule has 1 aliphatic rings. The van der Waals surface area contributed by atoms with Crippen LogP contribution in [0, 0.1) is 6.92 Å². The fourth-order valence-electron chi connectivity index (χ4n) is 2.42. The number of rotatable bonds is 2. The minimum atomic E-state index is -0.0351. The first-order valence-corrected chi connectivity index (χ1v) is 6.94. The van der Waals surface area contributed by atoms with Crippen molar-refractivity contribution in [2.24, 2.45) is 0 Å². The van der Waals surface area contributed by atoms with Gasteiger partial charge in [-0.3, -0.25) is 9.78 Å². The number of aromatic nitrogens is 1. The summed E-state index contributed by atoms with van der Waals surface area (Å²) in [6, 6.07) is 2.03. The molecule has 2 heterocycles. The van der Waals surface area contributed by atoms with Crippen molar-refractivity contribution >= 4 is 17.5 Å². The SMILES string of the molecule is Cc1cc(Cl)c(C(=O)N(C)C2CCN(C)CC2)cn1. The molecule has 1 aliphatic heterocycles. The third-order valence-electron chi connectivity index (χ3n) is 3.78. The van der Waals surface area contributed by atoms with Crippen LogP contribution in [0.1, 0.15) is 28.9 Å². The Kier molecular flexibility index (Phi) is 4.42. The molecule has 0 N–H and O–H groups in total. The standard InChI is InChI=1S/C14H20ClN3O/c1-10-8-13(15)12(9-16-10)14(19)18(3)11-4-6-17(2)7-5-11/h8-9,11H,4-7H2,1-3H3. The lowest BCUT2D eigenvalue weighted by atomic mass is 10.0. The Bertz CT molecular complexity index is 470. The molecule has 1 amide bonds. The molecule has 0 unspecified atom stereocenters. The molecule has 1 aromatic rings. The number of amides is 1. The van der Waals surface area contributed by atoms with Crippen molar-refractivity contribution in [1.29, 1.82) is 0 Å². The normalized spacial score (nSPS) is 17.5. The molecule has 0 radical (unpaired) electrons. The molecule has 1 saturated heterocycles. The van der Waals surface area contributed by atoms with E-state index in [2.05, 4.69) is 16.9 Å². The predicted molar refractivity (Wildman–Crippen MR) is 76.6 cm³/mol. The zero-order chi connectivity index (χ0) is 14.0. The number of likely N-dealkylation sites (tertiary alicyclic amines) is 1. The third-order valence-corrected chi connectivity index (χ3v) is 4.09. The van der Waals surface area contributed by atoms with E-state index in [1.807, 2.05) is 18.9 Å². The van der Waals surface area contributed by atoms with E-state index in [-0.39, 0.29) is 5.91 Å². The van der Waals surface area contributed by atoms with E-state index in [9.17, 15) is 4.79 Å². The Balaban J connectivity index is 2.10. The van der Waals surface area contributed by atoms with E-state index >= 15 is 0 Å². The van der Waals surface area contributed by atoms with Crippen LogP contribution in [0.4, 0.5) is 0 Å². The second-order valence-electron chi connectivity index (χ2n) is 5.26. The van der Waals surface area contributed by atoms with Crippen LogP contribution in [-0.2, 0) is 0 Å². The van der Waals surface area contributed by atoms with Crippen molar-refractivity contribution in [2.75, 3.05) is 27.2 Å². The molecular weight excluding hydrogens is 262 g/mol. The van der Waals surface area contributed by atoms with Crippen molar-refractivity contribution in [3.8, 4) is 0 Å². The smallest absolute Gasteiger partial charge is 0.256 e. The van der Waals surface area contributed by atoms with E-state index in [4.69, 9.17) is 11.6 Å². The van der Waals surface area contributed by atoms with Gasteiger partial charge >= 0.3 is 0 Å². The summed E-state index contributed by atoms with van der Waals surface area (Å²) < 4.78 is 0. The molecule has 0 aliphatic carbocycles. The number of hydrogen-bond donors (Lipinski definition) is 0. The maximum absolute atomic E-state index is 12.4. The zero-order valence-corrected chi connectivity index (χ0v) is 12.4. The van der Waals surface area contributed by atoms with Crippen LogP contribution < -0.4 is 0 Å². The third kappa shape index (κ3) is 3.25. The molecule has 0 spiro atoms. The lowest BCUT2D eigenvalue weighted by molar-refractivity contribution is 0.0659. The van der Waals surface area contributed by atoms with Gasteiger partial charge in [-0.15, -0.1) is 0 Å². The van der Waals surface area contributed by atoms with Gasteiger partial charge in [-0.05, 0) is 46.0 Å². The quantitative estimate of drug-likeness (QED) is 0.834. The summed E-state index contributed by atoms with van der Waals surface area (Å²) in [6.07, 6.45) is 3.59. The first kappa shape index (κ1) is 14.3. The van der Waals surface area contributed by atoms with Gasteiger partial charge in [0.2, 0.25) is 0 Å². The molecular formula is C14H20ClN3O. The monoisotopic (exact) mass is 281 g/mol. The number of hydrogen-bond acceptors (Lipinski definition) is 3. The number of pyridine rings is 1. The summed E-state index contributed by atoms with van der Waals surface area (Å²) in [6.45, 7) is 3.92. The van der Waals surface area contributed by atoms with Gasteiger partial charge in [-0.25, -0.2) is 0 Å². The number of carbonyl (C=O) groups is 1. The Morgan fingerprint density at radius 1 is 1.47 bits per heavy atom. The maximum atomic E-state index is 12.4. The number of carbonyl (C=O) groups excluding carboxylic acids is 1. The predicted octanol–water partition coefficient (Wildman–Crippen LogP) is 2.21. The summed E-state index contributed by atoms with van der Waals surface area (Å²) >= 11 is 6.13. The lowest BCUT2D eigenvalue weighted by Gasteiger charge is -2.35. The van der Waals surface area contributed by atoms with E-state index < -0.39 is 0 Å². The molecule has 1 fully saturated rings. The second kappa shape index (κ2) is 5.88. The molecule has 1 aromatic heterocycles. The van der Waals surface area contributed by atoms with Crippen LogP contribution >= 0.6 is 11.6 Å². The average Bonchev–Trinajstić information content (AvgIpc) is 2.38.